The van der Waals surface area contributed by atoms with E-state index >= 15 is 0 Å². The van der Waals surface area contributed by atoms with Gasteiger partial charge in [-0.05, 0) is 63.6 Å². The number of amides is 2. The lowest BCUT2D eigenvalue weighted by Crippen LogP contribution is -2.54. The SMILES string of the molecule is C[C@H](C(=O)NC(C)(C)C)N(Cc1cccc(Br)c1)C(=O)CN(c1cccc(Br)c1)S(C)(=O)=O. The van der Waals surface area contributed by atoms with E-state index in [0.717, 1.165) is 20.6 Å². The molecule has 0 aromatic heterocycles. The molecule has 0 aliphatic carbocycles. The third-order valence-corrected chi connectivity index (χ3v) is 6.81. The molecule has 2 aromatic rings. The van der Waals surface area contributed by atoms with E-state index in [2.05, 4.69) is 37.2 Å². The number of carbonyl (C=O) groups excluding carboxylic acids is 2. The molecule has 0 radical (unpaired) electrons. The van der Waals surface area contributed by atoms with Crippen LogP contribution in [0, 0.1) is 0 Å². The molecule has 0 saturated carbocycles. The van der Waals surface area contributed by atoms with Gasteiger partial charge in [0.15, 0.2) is 0 Å². The van der Waals surface area contributed by atoms with Crippen molar-refractivity contribution >= 4 is 59.4 Å². The van der Waals surface area contributed by atoms with Crippen LogP contribution in [-0.2, 0) is 26.2 Å². The average Bonchev–Trinajstić information content (AvgIpc) is 2.67. The van der Waals surface area contributed by atoms with Crippen LogP contribution in [0.5, 0.6) is 0 Å². The lowest BCUT2D eigenvalue weighted by Gasteiger charge is -2.33. The van der Waals surface area contributed by atoms with Crippen molar-refractivity contribution in [3.63, 3.8) is 0 Å². The van der Waals surface area contributed by atoms with Crippen LogP contribution in [0.2, 0.25) is 0 Å². The van der Waals surface area contributed by atoms with Gasteiger partial charge in [0.05, 0.1) is 11.9 Å². The van der Waals surface area contributed by atoms with E-state index in [-0.39, 0.29) is 12.5 Å². The highest BCUT2D eigenvalue weighted by Crippen LogP contribution is 2.23. The molecule has 1 atom stereocenters. The van der Waals surface area contributed by atoms with Gasteiger partial charge in [-0.3, -0.25) is 13.9 Å². The number of halogens is 2. The second-order valence-corrected chi connectivity index (χ2v) is 12.6. The van der Waals surface area contributed by atoms with Crippen LogP contribution in [0.15, 0.2) is 57.5 Å². The number of benzene rings is 2. The number of nitrogens with one attached hydrogen (secondary N) is 1. The first-order valence-electron chi connectivity index (χ1n) is 10.3. The van der Waals surface area contributed by atoms with Gasteiger partial charge in [-0.25, -0.2) is 8.42 Å². The van der Waals surface area contributed by atoms with Gasteiger partial charge in [0.2, 0.25) is 21.8 Å². The van der Waals surface area contributed by atoms with E-state index in [0.29, 0.717) is 10.2 Å². The number of sulfonamides is 1. The molecule has 0 heterocycles. The molecule has 7 nitrogen and oxygen atoms in total. The van der Waals surface area contributed by atoms with Crippen LogP contribution < -0.4 is 9.62 Å². The summed E-state index contributed by atoms with van der Waals surface area (Å²) in [7, 11) is -3.76. The topological polar surface area (TPSA) is 86.8 Å². The fraction of sp³-hybridized carbons (Fsp3) is 0.391. The van der Waals surface area contributed by atoms with Gasteiger partial charge in [0, 0.05) is 21.0 Å². The molecule has 0 spiro atoms. The number of carbonyl (C=O) groups is 2. The largest absolute Gasteiger partial charge is 0.350 e. The maximum Gasteiger partial charge on any atom is 0.244 e. The normalized spacial score (nSPS) is 12.7. The molecular formula is C23H29Br2N3O4S. The van der Waals surface area contributed by atoms with Crippen LogP contribution in [0.25, 0.3) is 0 Å². The average molecular weight is 603 g/mol. The van der Waals surface area contributed by atoms with Crippen LogP contribution in [0.1, 0.15) is 33.3 Å². The van der Waals surface area contributed by atoms with E-state index < -0.39 is 34.1 Å². The fourth-order valence-corrected chi connectivity index (χ4v) is 4.81. The van der Waals surface area contributed by atoms with Crippen molar-refractivity contribution in [2.24, 2.45) is 0 Å². The standard InChI is InChI=1S/C23H29Br2N3O4S/c1-16(22(30)26-23(2,3)4)27(14-17-8-6-9-18(24)12-17)21(29)15-28(33(5,31)32)20-11-7-10-19(25)13-20/h6-13,16H,14-15H2,1-5H3,(H,26,30)/t16-/m1/s1. The fourth-order valence-electron chi connectivity index (χ4n) is 3.13. The van der Waals surface area contributed by atoms with Crippen molar-refractivity contribution in [1.82, 2.24) is 10.2 Å². The molecule has 2 rings (SSSR count). The maximum absolute atomic E-state index is 13.5. The van der Waals surface area contributed by atoms with Crippen molar-refractivity contribution in [3.8, 4) is 0 Å². The van der Waals surface area contributed by atoms with E-state index in [1.807, 2.05) is 45.0 Å². The third-order valence-electron chi connectivity index (χ3n) is 4.68. The zero-order valence-electron chi connectivity index (χ0n) is 19.3. The lowest BCUT2D eigenvalue weighted by molar-refractivity contribution is -0.140. The van der Waals surface area contributed by atoms with E-state index in [4.69, 9.17) is 0 Å². The molecule has 180 valence electrons. The Balaban J connectivity index is 2.41. The monoisotopic (exact) mass is 601 g/mol. The lowest BCUT2D eigenvalue weighted by atomic mass is 10.1. The number of rotatable bonds is 8. The Hall–Kier alpha value is -1.91. The Labute approximate surface area is 212 Å². The summed E-state index contributed by atoms with van der Waals surface area (Å²) in [5.41, 5.74) is 0.682. The molecule has 10 heteroatoms. The minimum atomic E-state index is -3.76. The number of hydrogen-bond donors (Lipinski definition) is 1. The van der Waals surface area contributed by atoms with E-state index in [1.165, 1.54) is 4.90 Å². The van der Waals surface area contributed by atoms with Crippen molar-refractivity contribution in [2.75, 3.05) is 17.1 Å². The van der Waals surface area contributed by atoms with Gasteiger partial charge in [-0.1, -0.05) is 50.1 Å². The van der Waals surface area contributed by atoms with Crippen molar-refractivity contribution in [2.45, 2.75) is 45.8 Å². The Kier molecular flexibility index (Phi) is 9.12. The molecule has 0 unspecified atom stereocenters. The van der Waals surface area contributed by atoms with Crippen LogP contribution in [0.3, 0.4) is 0 Å². The summed E-state index contributed by atoms with van der Waals surface area (Å²) in [6.45, 7) is 6.93. The summed E-state index contributed by atoms with van der Waals surface area (Å²) in [6.07, 6.45) is 1.05. The zero-order chi connectivity index (χ0) is 25.0. The molecule has 0 aliphatic rings. The summed E-state index contributed by atoms with van der Waals surface area (Å²) < 4.78 is 27.7. The van der Waals surface area contributed by atoms with Gasteiger partial charge in [0.1, 0.15) is 12.6 Å². The van der Waals surface area contributed by atoms with Crippen LogP contribution >= 0.6 is 31.9 Å². The highest BCUT2D eigenvalue weighted by atomic mass is 79.9. The van der Waals surface area contributed by atoms with Crippen molar-refractivity contribution < 1.29 is 18.0 Å². The predicted molar refractivity (Wildman–Crippen MR) is 138 cm³/mol. The highest BCUT2D eigenvalue weighted by molar-refractivity contribution is 9.10. The predicted octanol–water partition coefficient (Wildman–Crippen LogP) is 4.31. The number of hydrogen-bond acceptors (Lipinski definition) is 4. The molecule has 1 N–H and O–H groups in total. The van der Waals surface area contributed by atoms with Gasteiger partial charge < -0.3 is 10.2 Å². The van der Waals surface area contributed by atoms with Gasteiger partial charge in [-0.2, -0.15) is 0 Å². The summed E-state index contributed by atoms with van der Waals surface area (Å²) in [5.74, 6) is -0.809. The summed E-state index contributed by atoms with van der Waals surface area (Å²) >= 11 is 6.76. The van der Waals surface area contributed by atoms with E-state index in [1.54, 1.807) is 31.2 Å². The Morgan fingerprint density at radius 2 is 1.61 bits per heavy atom. The molecule has 2 amide bonds. The van der Waals surface area contributed by atoms with Crippen LogP contribution in [0.4, 0.5) is 5.69 Å². The first kappa shape index (κ1) is 27.3. The second-order valence-electron chi connectivity index (χ2n) is 8.82. The van der Waals surface area contributed by atoms with Gasteiger partial charge >= 0.3 is 0 Å². The van der Waals surface area contributed by atoms with Crippen molar-refractivity contribution in [1.29, 1.82) is 0 Å². The zero-order valence-corrected chi connectivity index (χ0v) is 23.3. The summed E-state index contributed by atoms with van der Waals surface area (Å²) in [4.78, 5) is 27.8. The minimum absolute atomic E-state index is 0.146. The first-order chi connectivity index (χ1) is 15.2. The Morgan fingerprint density at radius 3 is 2.12 bits per heavy atom. The Morgan fingerprint density at radius 1 is 1.03 bits per heavy atom. The molecule has 0 saturated heterocycles. The van der Waals surface area contributed by atoms with Gasteiger partial charge in [-0.15, -0.1) is 0 Å². The molecular weight excluding hydrogens is 574 g/mol. The quantitative estimate of drug-likeness (QED) is 0.488. The first-order valence-corrected chi connectivity index (χ1v) is 13.7. The smallest absolute Gasteiger partial charge is 0.244 e. The molecule has 33 heavy (non-hydrogen) atoms. The summed E-state index contributed by atoms with van der Waals surface area (Å²) in [6, 6.07) is 13.3. The Bertz CT molecular complexity index is 1120. The molecule has 2 aromatic carbocycles. The maximum atomic E-state index is 13.5. The second kappa shape index (κ2) is 11.0. The van der Waals surface area contributed by atoms with Gasteiger partial charge in [0.25, 0.3) is 0 Å². The van der Waals surface area contributed by atoms with E-state index in [9.17, 15) is 18.0 Å². The molecule has 0 fully saturated rings. The van der Waals surface area contributed by atoms with Crippen LogP contribution in [-0.4, -0.2) is 49.5 Å². The summed E-state index contributed by atoms with van der Waals surface area (Å²) in [5, 5.41) is 2.89. The minimum Gasteiger partial charge on any atom is -0.350 e. The van der Waals surface area contributed by atoms with Crippen molar-refractivity contribution in [3.05, 3.63) is 63.0 Å². The number of anilines is 1. The molecule has 0 aliphatic heterocycles. The number of nitrogens with zero attached hydrogens (tertiary/aromatic N) is 2. The third kappa shape index (κ3) is 8.42. The molecule has 0 bridgehead atoms. The highest BCUT2D eigenvalue weighted by Gasteiger charge is 2.31.